The summed E-state index contributed by atoms with van der Waals surface area (Å²) in [4.78, 5) is 11.7. The van der Waals surface area contributed by atoms with Gasteiger partial charge in [-0.15, -0.1) is 0 Å². The molecule has 0 unspecified atom stereocenters. The van der Waals surface area contributed by atoms with Gasteiger partial charge in [0.1, 0.15) is 5.67 Å². The third-order valence-corrected chi connectivity index (χ3v) is 2.21. The number of benzene rings is 1. The summed E-state index contributed by atoms with van der Waals surface area (Å²) in [6.07, 6.45) is 0. The number of hydrogen-bond donors (Lipinski definition) is 1. The van der Waals surface area contributed by atoms with E-state index >= 15 is 0 Å². The molecule has 0 aromatic heterocycles. The molecule has 0 aliphatic carbocycles. The summed E-state index contributed by atoms with van der Waals surface area (Å²) in [5.41, 5.74) is -0.579. The average Bonchev–Trinajstić information content (AvgIpc) is 2.17. The lowest BCUT2D eigenvalue weighted by atomic mass is 9.92. The highest BCUT2D eigenvalue weighted by Gasteiger charge is 2.24. The molecule has 3 heteroatoms. The van der Waals surface area contributed by atoms with E-state index in [4.69, 9.17) is 0 Å². The number of likely N-dealkylation sites (N-methyl/N-ethyl adjacent to an activating group) is 1. The molecule has 1 aromatic carbocycles. The predicted molar refractivity (Wildman–Crippen MR) is 58.8 cm³/mol. The van der Waals surface area contributed by atoms with Crippen LogP contribution < -0.4 is 5.32 Å². The number of carbonyl (C=O) groups excluding carboxylic acids is 1. The smallest absolute Gasteiger partial charge is 0.176 e. The van der Waals surface area contributed by atoms with Gasteiger partial charge in [0.2, 0.25) is 0 Å². The number of halogens is 1. The zero-order valence-corrected chi connectivity index (χ0v) is 9.30. The Balaban J connectivity index is 3.12. The third kappa shape index (κ3) is 2.86. The lowest BCUT2D eigenvalue weighted by Gasteiger charge is -2.18. The Morgan fingerprint density at radius 2 is 2.00 bits per heavy atom. The molecule has 0 aliphatic heterocycles. The van der Waals surface area contributed by atoms with Crippen LogP contribution in [0.25, 0.3) is 0 Å². The molecule has 2 nitrogen and oxygen atoms in total. The van der Waals surface area contributed by atoms with Crippen LogP contribution in [0.2, 0.25) is 0 Å². The van der Waals surface area contributed by atoms with E-state index in [1.807, 2.05) is 0 Å². The first-order valence-corrected chi connectivity index (χ1v) is 4.93. The zero-order valence-electron chi connectivity index (χ0n) is 9.30. The van der Waals surface area contributed by atoms with Gasteiger partial charge in [-0.3, -0.25) is 4.79 Å². The summed E-state index contributed by atoms with van der Waals surface area (Å²) in [5.74, 6) is -0.0844. The maximum Gasteiger partial charge on any atom is 0.176 e. The quantitative estimate of drug-likeness (QED) is 0.771. The van der Waals surface area contributed by atoms with Crippen LogP contribution >= 0.6 is 0 Å². The van der Waals surface area contributed by atoms with E-state index in [0.29, 0.717) is 11.1 Å². The van der Waals surface area contributed by atoms with Crippen LogP contribution in [0.15, 0.2) is 24.3 Å². The molecule has 0 spiro atoms. The van der Waals surface area contributed by atoms with Gasteiger partial charge in [0.25, 0.3) is 0 Å². The van der Waals surface area contributed by atoms with Crippen LogP contribution in [-0.2, 0) is 5.67 Å². The second kappa shape index (κ2) is 4.53. The topological polar surface area (TPSA) is 29.1 Å². The van der Waals surface area contributed by atoms with Gasteiger partial charge in [0, 0.05) is 5.56 Å². The van der Waals surface area contributed by atoms with E-state index in [1.54, 1.807) is 31.3 Å². The van der Waals surface area contributed by atoms with Gasteiger partial charge in [-0.25, -0.2) is 4.39 Å². The predicted octanol–water partition coefficient (Wildman–Crippen LogP) is 2.29. The van der Waals surface area contributed by atoms with E-state index in [0.717, 1.165) is 0 Å². The van der Waals surface area contributed by atoms with Crippen molar-refractivity contribution >= 4 is 5.78 Å². The Morgan fingerprint density at radius 3 is 2.53 bits per heavy atom. The van der Waals surface area contributed by atoms with Crippen molar-refractivity contribution in [2.45, 2.75) is 19.5 Å². The van der Waals surface area contributed by atoms with E-state index in [1.165, 1.54) is 13.8 Å². The number of alkyl halides is 1. The van der Waals surface area contributed by atoms with Gasteiger partial charge < -0.3 is 5.32 Å². The van der Waals surface area contributed by atoms with Gasteiger partial charge in [0.05, 0.1) is 6.54 Å². The van der Waals surface area contributed by atoms with Crippen LogP contribution in [-0.4, -0.2) is 19.4 Å². The normalized spacial score (nSPS) is 11.5. The van der Waals surface area contributed by atoms with E-state index < -0.39 is 5.67 Å². The molecule has 0 aliphatic rings. The molecular formula is C12H16FNO. The van der Waals surface area contributed by atoms with E-state index in [2.05, 4.69) is 5.32 Å². The minimum atomic E-state index is -1.49. The Morgan fingerprint density at radius 1 is 1.40 bits per heavy atom. The fourth-order valence-corrected chi connectivity index (χ4v) is 1.50. The average molecular weight is 209 g/mol. The molecular weight excluding hydrogens is 193 g/mol. The second-order valence-electron chi connectivity index (χ2n) is 3.97. The molecule has 0 atom stereocenters. The summed E-state index contributed by atoms with van der Waals surface area (Å²) in [6.45, 7) is 3.14. The minimum Gasteiger partial charge on any atom is -0.313 e. The largest absolute Gasteiger partial charge is 0.313 e. The minimum absolute atomic E-state index is 0.0844. The standard InChI is InChI=1S/C12H16FNO/c1-12(2,13)10-7-5-4-6-9(10)11(15)8-14-3/h4-7,14H,8H2,1-3H3. The fraction of sp³-hybridized carbons (Fsp3) is 0.417. The first-order chi connectivity index (χ1) is 6.96. The van der Waals surface area contributed by atoms with Crippen molar-refractivity contribution in [1.29, 1.82) is 0 Å². The Labute approximate surface area is 89.5 Å². The van der Waals surface area contributed by atoms with Gasteiger partial charge in [-0.05, 0) is 26.5 Å². The first kappa shape index (κ1) is 11.9. The monoisotopic (exact) mass is 209 g/mol. The van der Waals surface area contributed by atoms with Crippen molar-refractivity contribution in [2.75, 3.05) is 13.6 Å². The van der Waals surface area contributed by atoms with E-state index in [9.17, 15) is 9.18 Å². The van der Waals surface area contributed by atoms with Crippen molar-refractivity contribution in [3.05, 3.63) is 35.4 Å². The van der Waals surface area contributed by atoms with Crippen LogP contribution in [0.5, 0.6) is 0 Å². The summed E-state index contributed by atoms with van der Waals surface area (Å²) in [7, 11) is 1.70. The number of ketones is 1. The SMILES string of the molecule is CNCC(=O)c1ccccc1C(C)(C)F. The number of Topliss-reactive ketones (excluding diaryl/α,β-unsaturated/α-hetero) is 1. The molecule has 0 heterocycles. The number of carbonyl (C=O) groups is 1. The number of hydrogen-bond acceptors (Lipinski definition) is 2. The first-order valence-electron chi connectivity index (χ1n) is 4.93. The van der Waals surface area contributed by atoms with Crippen molar-refractivity contribution < 1.29 is 9.18 Å². The summed E-state index contributed by atoms with van der Waals surface area (Å²) in [5, 5.41) is 2.77. The Bertz CT molecular complexity index is 355. The molecule has 1 N–H and O–H groups in total. The summed E-state index contributed by atoms with van der Waals surface area (Å²) in [6, 6.07) is 6.81. The molecule has 0 radical (unpaired) electrons. The van der Waals surface area contributed by atoms with Crippen LogP contribution in [0.4, 0.5) is 4.39 Å². The highest BCUT2D eigenvalue weighted by atomic mass is 19.1. The Kier molecular flexibility index (Phi) is 3.58. The molecule has 15 heavy (non-hydrogen) atoms. The fourth-order valence-electron chi connectivity index (χ4n) is 1.50. The zero-order chi connectivity index (χ0) is 11.5. The lowest BCUT2D eigenvalue weighted by molar-refractivity contribution is 0.0986. The number of rotatable bonds is 4. The van der Waals surface area contributed by atoms with Crippen molar-refractivity contribution in [3.63, 3.8) is 0 Å². The molecule has 1 aromatic rings. The maximum absolute atomic E-state index is 13.8. The molecule has 0 bridgehead atoms. The van der Waals surface area contributed by atoms with E-state index in [-0.39, 0.29) is 12.3 Å². The summed E-state index contributed by atoms with van der Waals surface area (Å²) >= 11 is 0. The molecule has 0 amide bonds. The highest BCUT2D eigenvalue weighted by Crippen LogP contribution is 2.27. The van der Waals surface area contributed by atoms with Crippen molar-refractivity contribution in [1.82, 2.24) is 5.32 Å². The van der Waals surface area contributed by atoms with Crippen LogP contribution in [0.3, 0.4) is 0 Å². The second-order valence-corrected chi connectivity index (χ2v) is 3.97. The van der Waals surface area contributed by atoms with Gasteiger partial charge >= 0.3 is 0 Å². The molecule has 82 valence electrons. The van der Waals surface area contributed by atoms with Crippen LogP contribution in [0.1, 0.15) is 29.8 Å². The highest BCUT2D eigenvalue weighted by molar-refractivity contribution is 5.99. The maximum atomic E-state index is 13.8. The van der Waals surface area contributed by atoms with Crippen molar-refractivity contribution in [3.8, 4) is 0 Å². The van der Waals surface area contributed by atoms with Gasteiger partial charge in [-0.2, -0.15) is 0 Å². The summed E-state index contributed by atoms with van der Waals surface area (Å²) < 4.78 is 13.8. The number of nitrogens with one attached hydrogen (secondary N) is 1. The van der Waals surface area contributed by atoms with Crippen molar-refractivity contribution in [2.24, 2.45) is 0 Å². The van der Waals surface area contributed by atoms with Gasteiger partial charge in [0.15, 0.2) is 5.78 Å². The molecule has 0 saturated carbocycles. The molecule has 1 rings (SSSR count). The Hall–Kier alpha value is -1.22. The van der Waals surface area contributed by atoms with Gasteiger partial charge in [-0.1, -0.05) is 24.3 Å². The molecule has 0 saturated heterocycles. The van der Waals surface area contributed by atoms with Crippen LogP contribution in [0, 0.1) is 0 Å². The lowest BCUT2D eigenvalue weighted by Crippen LogP contribution is -2.22. The molecule has 0 fully saturated rings. The third-order valence-electron chi connectivity index (χ3n) is 2.21.